The zero-order valence-electron chi connectivity index (χ0n) is 12.0. The number of hydrogen-bond acceptors (Lipinski definition) is 4. The molecule has 2 heterocycles. The van der Waals surface area contributed by atoms with Gasteiger partial charge in [-0.1, -0.05) is 6.07 Å². The highest BCUT2D eigenvalue weighted by atomic mass is 32.1. The molecule has 1 atom stereocenters. The van der Waals surface area contributed by atoms with E-state index in [4.69, 9.17) is 10.8 Å². The third-order valence-electron chi connectivity index (χ3n) is 3.78. The largest absolute Gasteiger partial charge is 0.481 e. The van der Waals surface area contributed by atoms with Gasteiger partial charge in [0.2, 0.25) is 5.91 Å². The summed E-state index contributed by atoms with van der Waals surface area (Å²) in [6.07, 6.45) is 1.06. The van der Waals surface area contributed by atoms with Crippen LogP contribution in [0, 0.1) is 5.92 Å². The molecule has 2 rings (SSSR count). The summed E-state index contributed by atoms with van der Waals surface area (Å²) in [5, 5.41) is 13.4. The zero-order valence-corrected chi connectivity index (χ0v) is 12.8. The first-order chi connectivity index (χ1) is 10.5. The van der Waals surface area contributed by atoms with Gasteiger partial charge in [-0.15, -0.1) is 11.3 Å². The van der Waals surface area contributed by atoms with Gasteiger partial charge in [0, 0.05) is 18.0 Å². The SMILES string of the molecule is NC(=O)NC(CC(=O)N1CCC(C(=O)O)CC1)c1cccs1. The number of aliphatic carboxylic acids is 1. The number of carbonyl (C=O) groups is 3. The molecule has 120 valence electrons. The Balaban J connectivity index is 1.94. The van der Waals surface area contributed by atoms with E-state index in [-0.39, 0.29) is 18.2 Å². The van der Waals surface area contributed by atoms with Crippen molar-refractivity contribution in [2.45, 2.75) is 25.3 Å². The average molecular weight is 325 g/mol. The molecule has 1 fully saturated rings. The topological polar surface area (TPSA) is 113 Å². The molecule has 0 radical (unpaired) electrons. The summed E-state index contributed by atoms with van der Waals surface area (Å²) < 4.78 is 0. The summed E-state index contributed by atoms with van der Waals surface area (Å²) in [5.41, 5.74) is 5.17. The van der Waals surface area contributed by atoms with Crippen molar-refractivity contribution in [1.82, 2.24) is 10.2 Å². The first kappa shape index (κ1) is 16.3. The molecule has 0 aliphatic carbocycles. The first-order valence-corrected chi connectivity index (χ1v) is 7.95. The van der Waals surface area contributed by atoms with Gasteiger partial charge in [-0.05, 0) is 24.3 Å². The van der Waals surface area contributed by atoms with Crippen LogP contribution in [0.4, 0.5) is 4.79 Å². The van der Waals surface area contributed by atoms with Crippen LogP contribution in [0.2, 0.25) is 0 Å². The molecular weight excluding hydrogens is 306 g/mol. The van der Waals surface area contributed by atoms with Crippen molar-refractivity contribution in [2.24, 2.45) is 11.7 Å². The van der Waals surface area contributed by atoms with Gasteiger partial charge in [0.25, 0.3) is 0 Å². The minimum Gasteiger partial charge on any atom is -0.481 e. The van der Waals surface area contributed by atoms with Crippen molar-refractivity contribution in [1.29, 1.82) is 0 Å². The van der Waals surface area contributed by atoms with Crippen LogP contribution in [0.5, 0.6) is 0 Å². The van der Waals surface area contributed by atoms with Gasteiger partial charge in [-0.25, -0.2) is 4.79 Å². The molecule has 0 bridgehead atoms. The highest BCUT2D eigenvalue weighted by molar-refractivity contribution is 7.10. The molecule has 0 spiro atoms. The molecule has 1 saturated heterocycles. The average Bonchev–Trinajstić information content (AvgIpc) is 3.00. The number of nitrogens with zero attached hydrogens (tertiary/aromatic N) is 1. The summed E-state index contributed by atoms with van der Waals surface area (Å²) in [5.74, 6) is -1.28. The molecule has 4 N–H and O–H groups in total. The number of carbonyl (C=O) groups excluding carboxylic acids is 2. The molecule has 1 aromatic rings. The van der Waals surface area contributed by atoms with Gasteiger partial charge in [0.05, 0.1) is 18.4 Å². The summed E-state index contributed by atoms with van der Waals surface area (Å²) in [7, 11) is 0. The maximum absolute atomic E-state index is 12.4. The number of rotatable bonds is 5. The number of carboxylic acid groups (broad SMARTS) is 1. The fourth-order valence-corrected chi connectivity index (χ4v) is 3.34. The summed E-state index contributed by atoms with van der Waals surface area (Å²) >= 11 is 1.45. The van der Waals surface area contributed by atoms with Crippen molar-refractivity contribution >= 4 is 29.2 Å². The molecule has 1 aromatic heterocycles. The second-order valence-corrected chi connectivity index (χ2v) is 6.25. The van der Waals surface area contributed by atoms with Gasteiger partial charge >= 0.3 is 12.0 Å². The van der Waals surface area contributed by atoms with Crippen molar-refractivity contribution < 1.29 is 19.5 Å². The predicted octanol–water partition coefficient (Wildman–Crippen LogP) is 1.17. The van der Waals surface area contributed by atoms with E-state index >= 15 is 0 Å². The Kier molecular flexibility index (Phi) is 5.37. The molecule has 22 heavy (non-hydrogen) atoms. The highest BCUT2D eigenvalue weighted by Gasteiger charge is 2.28. The lowest BCUT2D eigenvalue weighted by Gasteiger charge is -2.31. The van der Waals surface area contributed by atoms with Gasteiger partial charge in [0.15, 0.2) is 0 Å². The molecule has 3 amide bonds. The van der Waals surface area contributed by atoms with Crippen molar-refractivity contribution in [3.05, 3.63) is 22.4 Å². The van der Waals surface area contributed by atoms with Gasteiger partial charge in [-0.3, -0.25) is 9.59 Å². The number of hydrogen-bond donors (Lipinski definition) is 3. The Morgan fingerprint density at radius 1 is 1.41 bits per heavy atom. The Morgan fingerprint density at radius 2 is 2.09 bits per heavy atom. The third-order valence-corrected chi connectivity index (χ3v) is 4.76. The second kappa shape index (κ2) is 7.26. The Labute approximate surface area is 132 Å². The molecule has 0 aromatic carbocycles. The molecule has 1 aliphatic heterocycles. The normalized spacial score (nSPS) is 17.0. The second-order valence-electron chi connectivity index (χ2n) is 5.27. The Hall–Kier alpha value is -2.09. The van der Waals surface area contributed by atoms with Crippen LogP contribution in [0.25, 0.3) is 0 Å². The molecular formula is C14H19N3O4S. The van der Waals surface area contributed by atoms with Crippen LogP contribution in [-0.4, -0.2) is 41.0 Å². The lowest BCUT2D eigenvalue weighted by Crippen LogP contribution is -2.42. The van der Waals surface area contributed by atoms with E-state index in [1.807, 2.05) is 17.5 Å². The summed E-state index contributed by atoms with van der Waals surface area (Å²) in [6.45, 7) is 0.868. The van der Waals surface area contributed by atoms with E-state index in [1.54, 1.807) is 4.90 Å². The maximum atomic E-state index is 12.4. The molecule has 7 nitrogen and oxygen atoms in total. The lowest BCUT2D eigenvalue weighted by atomic mass is 9.96. The molecule has 1 unspecified atom stereocenters. The fourth-order valence-electron chi connectivity index (χ4n) is 2.56. The number of thiophene rings is 1. The van der Waals surface area contributed by atoms with E-state index in [2.05, 4.69) is 5.32 Å². The number of amides is 3. The van der Waals surface area contributed by atoms with E-state index in [0.717, 1.165) is 4.88 Å². The van der Waals surface area contributed by atoms with E-state index in [0.29, 0.717) is 25.9 Å². The Bertz CT molecular complexity index is 538. The van der Waals surface area contributed by atoms with Crippen molar-refractivity contribution in [3.8, 4) is 0 Å². The minimum absolute atomic E-state index is 0.101. The smallest absolute Gasteiger partial charge is 0.312 e. The van der Waals surface area contributed by atoms with Crippen LogP contribution in [0.15, 0.2) is 17.5 Å². The number of carboxylic acids is 1. The summed E-state index contributed by atoms with van der Waals surface area (Å²) in [6, 6.07) is 2.58. The number of nitrogens with two attached hydrogens (primary N) is 1. The van der Waals surface area contributed by atoms with Crippen LogP contribution in [0.1, 0.15) is 30.2 Å². The summed E-state index contributed by atoms with van der Waals surface area (Å²) in [4.78, 5) is 36.9. The lowest BCUT2D eigenvalue weighted by molar-refractivity contribution is -0.145. The molecule has 0 saturated carbocycles. The highest BCUT2D eigenvalue weighted by Crippen LogP contribution is 2.24. The third kappa shape index (κ3) is 4.20. The fraction of sp³-hybridized carbons (Fsp3) is 0.500. The van der Waals surface area contributed by atoms with Gasteiger partial charge < -0.3 is 21.1 Å². The molecule has 8 heteroatoms. The van der Waals surface area contributed by atoms with Crippen LogP contribution >= 0.6 is 11.3 Å². The zero-order chi connectivity index (χ0) is 16.1. The number of nitrogens with one attached hydrogen (secondary N) is 1. The predicted molar refractivity (Wildman–Crippen MR) is 81.3 cm³/mol. The van der Waals surface area contributed by atoms with E-state index in [1.165, 1.54) is 11.3 Å². The number of urea groups is 1. The standard InChI is InChI=1S/C14H19N3O4S/c15-14(21)16-10(11-2-1-7-22-11)8-12(18)17-5-3-9(4-6-17)13(19)20/h1-2,7,9-10H,3-6,8H2,(H,19,20)(H3,15,16,21). The minimum atomic E-state index is -0.807. The number of primary amides is 1. The quantitative estimate of drug-likeness (QED) is 0.754. The van der Waals surface area contributed by atoms with Crippen LogP contribution < -0.4 is 11.1 Å². The number of likely N-dealkylation sites (tertiary alicyclic amines) is 1. The van der Waals surface area contributed by atoms with Crippen LogP contribution in [0.3, 0.4) is 0 Å². The van der Waals surface area contributed by atoms with E-state index < -0.39 is 18.0 Å². The van der Waals surface area contributed by atoms with Crippen molar-refractivity contribution in [2.75, 3.05) is 13.1 Å². The Morgan fingerprint density at radius 3 is 2.59 bits per heavy atom. The van der Waals surface area contributed by atoms with E-state index in [9.17, 15) is 14.4 Å². The van der Waals surface area contributed by atoms with Gasteiger partial charge in [0.1, 0.15) is 0 Å². The maximum Gasteiger partial charge on any atom is 0.312 e. The van der Waals surface area contributed by atoms with Crippen molar-refractivity contribution in [3.63, 3.8) is 0 Å². The van der Waals surface area contributed by atoms with Gasteiger partial charge in [-0.2, -0.15) is 0 Å². The number of piperidine rings is 1. The van der Waals surface area contributed by atoms with Crippen LogP contribution in [-0.2, 0) is 9.59 Å². The molecule has 1 aliphatic rings. The first-order valence-electron chi connectivity index (χ1n) is 7.07. The monoisotopic (exact) mass is 325 g/mol.